The van der Waals surface area contributed by atoms with E-state index in [9.17, 15) is 0 Å². The van der Waals surface area contributed by atoms with Gasteiger partial charge in [0.2, 0.25) is 0 Å². The van der Waals surface area contributed by atoms with E-state index in [1.165, 1.54) is 30.9 Å². The fourth-order valence-electron chi connectivity index (χ4n) is 2.49. The van der Waals surface area contributed by atoms with Crippen LogP contribution in [0.3, 0.4) is 0 Å². The van der Waals surface area contributed by atoms with Gasteiger partial charge in [-0.1, -0.05) is 36.0 Å². The van der Waals surface area contributed by atoms with E-state index in [-0.39, 0.29) is 0 Å². The molecule has 4 rings (SSSR count). The van der Waals surface area contributed by atoms with Gasteiger partial charge in [-0.15, -0.1) is 0 Å². The summed E-state index contributed by atoms with van der Waals surface area (Å²) in [6.07, 6.45) is 0. The number of nitrogens with zero attached hydrogens (tertiary/aromatic N) is 2. The van der Waals surface area contributed by atoms with Gasteiger partial charge in [0.1, 0.15) is 5.69 Å². The zero-order valence-electron chi connectivity index (χ0n) is 9.84. The van der Waals surface area contributed by atoms with Gasteiger partial charge in [-0.05, 0) is 24.6 Å². The smallest absolute Gasteiger partial charge is 0.265 e. The quantitative estimate of drug-likeness (QED) is 0.444. The second-order valence-electron chi connectivity index (χ2n) is 4.50. The molecule has 2 radical (unpaired) electrons. The van der Waals surface area contributed by atoms with Crippen molar-refractivity contribution < 1.29 is 0 Å². The molecule has 84 valence electrons. The van der Waals surface area contributed by atoms with Crippen LogP contribution in [0.4, 0.5) is 0 Å². The van der Waals surface area contributed by atoms with Gasteiger partial charge in [0.15, 0.2) is 0 Å². The average Bonchev–Trinajstić information content (AvgIpc) is 2.72. The average molecular weight is 248 g/mol. The van der Waals surface area contributed by atoms with Crippen molar-refractivity contribution in [1.29, 1.82) is 0 Å². The highest BCUT2D eigenvalue weighted by atomic mass is 32.2. The van der Waals surface area contributed by atoms with Gasteiger partial charge < -0.3 is 4.59 Å². The summed E-state index contributed by atoms with van der Waals surface area (Å²) in [4.78, 5) is 2.53. The summed E-state index contributed by atoms with van der Waals surface area (Å²) < 4.78 is 1.48. The maximum absolute atomic E-state index is 5.95. The monoisotopic (exact) mass is 248 g/mol. The Morgan fingerprint density at radius 2 is 2.00 bits per heavy atom. The standard InChI is InChI=1S/C14H9BN2S/c1-8-6-7-10-12-13(16-17(10)15)9-4-2-3-5-11(9)18-14(8)12/h2-7H,1H3. The van der Waals surface area contributed by atoms with Gasteiger partial charge in [-0.2, -0.15) is 5.10 Å². The lowest BCUT2D eigenvalue weighted by Crippen LogP contribution is -1.93. The van der Waals surface area contributed by atoms with E-state index in [0.29, 0.717) is 0 Å². The first kappa shape index (κ1) is 10.3. The summed E-state index contributed by atoms with van der Waals surface area (Å²) >= 11 is 1.81. The molecule has 2 nitrogen and oxygen atoms in total. The van der Waals surface area contributed by atoms with Gasteiger partial charge in [0.05, 0.1) is 5.52 Å². The maximum atomic E-state index is 5.95. The molecule has 2 aromatic carbocycles. The molecule has 0 atom stereocenters. The first-order valence-electron chi connectivity index (χ1n) is 5.80. The molecular formula is C14H9BN2S. The van der Waals surface area contributed by atoms with E-state index in [1.54, 1.807) is 11.8 Å². The number of benzene rings is 2. The van der Waals surface area contributed by atoms with Crippen LogP contribution in [0.5, 0.6) is 0 Å². The molecule has 1 aliphatic heterocycles. The van der Waals surface area contributed by atoms with E-state index >= 15 is 0 Å². The largest absolute Gasteiger partial charge is 0.323 e. The molecule has 0 unspecified atom stereocenters. The molecular weight excluding hydrogens is 239 g/mol. The molecule has 0 bridgehead atoms. The van der Waals surface area contributed by atoms with Crippen LogP contribution in [0.2, 0.25) is 0 Å². The molecule has 0 fully saturated rings. The van der Waals surface area contributed by atoms with Crippen LogP contribution in [-0.2, 0) is 0 Å². The molecule has 4 heteroatoms. The maximum Gasteiger partial charge on any atom is 0.265 e. The van der Waals surface area contributed by atoms with Gasteiger partial charge in [0.25, 0.3) is 7.98 Å². The third kappa shape index (κ3) is 1.19. The molecule has 0 amide bonds. The third-order valence-electron chi connectivity index (χ3n) is 3.38. The zero-order valence-corrected chi connectivity index (χ0v) is 10.7. The van der Waals surface area contributed by atoms with Crippen LogP contribution >= 0.6 is 11.8 Å². The van der Waals surface area contributed by atoms with Gasteiger partial charge >= 0.3 is 0 Å². The Morgan fingerprint density at radius 1 is 1.17 bits per heavy atom. The lowest BCUT2D eigenvalue weighted by atomic mass is 10.0. The Bertz CT molecular complexity index is 792. The van der Waals surface area contributed by atoms with Crippen molar-refractivity contribution in [3.05, 3.63) is 42.0 Å². The normalized spacial score (nSPS) is 12.7. The van der Waals surface area contributed by atoms with Gasteiger partial charge in [-0.25, -0.2) is 0 Å². The molecule has 18 heavy (non-hydrogen) atoms. The van der Waals surface area contributed by atoms with Crippen LogP contribution in [0.25, 0.3) is 22.2 Å². The molecule has 0 saturated carbocycles. The number of fused-ring (bicyclic) bond motifs is 2. The van der Waals surface area contributed by atoms with Crippen molar-refractivity contribution in [3.8, 4) is 11.3 Å². The Balaban J connectivity index is 2.23. The van der Waals surface area contributed by atoms with Crippen LogP contribution < -0.4 is 0 Å². The summed E-state index contributed by atoms with van der Waals surface area (Å²) in [6, 6.07) is 12.5. The second kappa shape index (κ2) is 3.42. The minimum atomic E-state index is 0.993. The predicted molar refractivity (Wildman–Crippen MR) is 75.2 cm³/mol. The second-order valence-corrected chi connectivity index (χ2v) is 5.55. The summed E-state index contributed by atoms with van der Waals surface area (Å²) in [5.74, 6) is 0. The Morgan fingerprint density at radius 3 is 2.89 bits per heavy atom. The van der Waals surface area contributed by atoms with Crippen molar-refractivity contribution in [1.82, 2.24) is 9.69 Å². The van der Waals surface area contributed by atoms with E-state index in [0.717, 1.165) is 11.2 Å². The topological polar surface area (TPSA) is 17.8 Å². The number of aromatic nitrogens is 2. The summed E-state index contributed by atoms with van der Waals surface area (Å²) in [5.41, 5.74) is 4.44. The minimum Gasteiger partial charge on any atom is -0.323 e. The number of hydrogen-bond donors (Lipinski definition) is 0. The highest BCUT2D eigenvalue weighted by Gasteiger charge is 2.23. The Labute approximate surface area is 110 Å². The Hall–Kier alpha value is -1.68. The lowest BCUT2D eigenvalue weighted by molar-refractivity contribution is 1.02. The molecule has 1 aliphatic rings. The molecule has 2 heterocycles. The van der Waals surface area contributed by atoms with Gasteiger partial charge in [-0.3, -0.25) is 0 Å². The molecule has 3 aromatic rings. The fraction of sp³-hybridized carbons (Fsp3) is 0.0714. The molecule has 0 aliphatic carbocycles. The number of hydrogen-bond acceptors (Lipinski definition) is 2. The number of aryl methyl sites for hydroxylation is 1. The van der Waals surface area contributed by atoms with Crippen molar-refractivity contribution in [2.24, 2.45) is 0 Å². The summed E-state index contributed by atoms with van der Waals surface area (Å²) in [7, 11) is 5.95. The van der Waals surface area contributed by atoms with Crippen LogP contribution in [-0.4, -0.2) is 17.7 Å². The minimum absolute atomic E-state index is 0.993. The van der Waals surface area contributed by atoms with E-state index in [2.05, 4.69) is 36.3 Å². The van der Waals surface area contributed by atoms with E-state index in [4.69, 9.17) is 7.98 Å². The van der Waals surface area contributed by atoms with Crippen molar-refractivity contribution in [2.45, 2.75) is 16.7 Å². The highest BCUT2D eigenvalue weighted by molar-refractivity contribution is 7.99. The first-order valence-corrected chi connectivity index (χ1v) is 6.62. The zero-order chi connectivity index (χ0) is 12.3. The molecule has 0 saturated heterocycles. The molecule has 1 aromatic heterocycles. The van der Waals surface area contributed by atoms with Crippen LogP contribution in [0, 0.1) is 6.92 Å². The molecule has 0 spiro atoms. The number of rotatable bonds is 0. The predicted octanol–water partition coefficient (Wildman–Crippen LogP) is 3.41. The fourth-order valence-corrected chi connectivity index (χ4v) is 3.66. The first-order chi connectivity index (χ1) is 8.75. The highest BCUT2D eigenvalue weighted by Crippen LogP contribution is 2.48. The van der Waals surface area contributed by atoms with Gasteiger partial charge in [0, 0.05) is 20.7 Å². The van der Waals surface area contributed by atoms with Crippen LogP contribution in [0.15, 0.2) is 46.2 Å². The van der Waals surface area contributed by atoms with E-state index < -0.39 is 0 Å². The summed E-state index contributed by atoms with van der Waals surface area (Å²) in [6.45, 7) is 2.13. The van der Waals surface area contributed by atoms with Crippen LogP contribution in [0.1, 0.15) is 5.56 Å². The van der Waals surface area contributed by atoms with Crippen molar-refractivity contribution in [2.75, 3.05) is 0 Å². The van der Waals surface area contributed by atoms with E-state index in [1.807, 2.05) is 12.1 Å². The SMILES string of the molecule is [B]n1nc2c3c(c(C)ccc31)Sc1ccccc1-2. The Kier molecular flexibility index (Phi) is 1.95. The third-order valence-corrected chi connectivity index (χ3v) is 4.68. The molecule has 0 N–H and O–H groups in total. The lowest BCUT2D eigenvalue weighted by Gasteiger charge is -2.16. The van der Waals surface area contributed by atoms with Crippen molar-refractivity contribution in [3.63, 3.8) is 0 Å². The summed E-state index contributed by atoms with van der Waals surface area (Å²) in [5, 5.41) is 5.67. The van der Waals surface area contributed by atoms with Crippen molar-refractivity contribution >= 4 is 30.6 Å².